The Balaban J connectivity index is 0.000000273. The van der Waals surface area contributed by atoms with Gasteiger partial charge in [-0.15, -0.1) is 0 Å². The van der Waals surface area contributed by atoms with Gasteiger partial charge < -0.3 is 15.3 Å². The van der Waals surface area contributed by atoms with Gasteiger partial charge in [0.1, 0.15) is 0 Å². The molecule has 0 saturated heterocycles. The first-order chi connectivity index (χ1) is 16.6. The molecule has 6 nitrogen and oxygen atoms in total. The van der Waals surface area contributed by atoms with Crippen LogP contribution < -0.4 is 10.6 Å². The number of hydrogen-bond acceptors (Lipinski definition) is 5. The first-order valence-corrected chi connectivity index (χ1v) is 13.7. The Morgan fingerprint density at radius 2 is 1.14 bits per heavy atom. The fourth-order valence-electron chi connectivity index (χ4n) is 3.28. The van der Waals surface area contributed by atoms with Gasteiger partial charge >= 0.3 is 94.7 Å². The Labute approximate surface area is 209 Å². The predicted octanol–water partition coefficient (Wildman–Crippen LogP) is 4.14. The standard InChI is InChI=1S/C12H13O2P.C9H20O2.C7H6O2/c13-15(14,11-7-3-1-4-8-11)12-9-5-2-6-10-12;1-4-6-9(11)7(3)8(10)5-2;8-7(9)6-4-2-1-3-5-6/h1-10,13-15H;7-11H,4-6H2,1-3H3;1-5H,(H,8,9). The van der Waals surface area contributed by atoms with Gasteiger partial charge in [0.2, 0.25) is 0 Å². The summed E-state index contributed by atoms with van der Waals surface area (Å²) in [5, 5.41) is 28.4. The maximum absolute atomic E-state index is 10.2. The summed E-state index contributed by atoms with van der Waals surface area (Å²) in [6, 6.07) is 26.3. The van der Waals surface area contributed by atoms with Gasteiger partial charge in [-0.05, 0) is 25.0 Å². The second-order valence-corrected chi connectivity index (χ2v) is 10.8. The molecule has 3 aromatic carbocycles. The zero-order chi connectivity index (χ0) is 26.3. The van der Waals surface area contributed by atoms with Crippen LogP contribution in [0.1, 0.15) is 50.4 Å². The van der Waals surface area contributed by atoms with Crippen molar-refractivity contribution in [1.82, 2.24) is 0 Å². The van der Waals surface area contributed by atoms with Gasteiger partial charge in [0.05, 0.1) is 17.8 Å². The molecule has 192 valence electrons. The molecule has 3 aromatic rings. The number of carboxylic acids is 1. The second kappa shape index (κ2) is 16.1. The Morgan fingerprint density at radius 1 is 0.743 bits per heavy atom. The van der Waals surface area contributed by atoms with Crippen molar-refractivity contribution in [2.24, 2.45) is 5.92 Å². The zero-order valence-electron chi connectivity index (χ0n) is 20.7. The molecular weight excluding hydrogens is 463 g/mol. The fourth-order valence-corrected chi connectivity index (χ4v) is 4.92. The maximum atomic E-state index is 10.2. The second-order valence-electron chi connectivity index (χ2n) is 8.27. The summed E-state index contributed by atoms with van der Waals surface area (Å²) >= 11 is 0. The van der Waals surface area contributed by atoms with E-state index in [1.807, 2.05) is 57.2 Å². The molecular formula is C28H39O6P. The van der Waals surface area contributed by atoms with Crippen LogP contribution in [-0.2, 0) is 0 Å². The third-order valence-electron chi connectivity index (χ3n) is 5.59. The molecule has 0 radical (unpaired) electrons. The van der Waals surface area contributed by atoms with Crippen LogP contribution in [0.2, 0.25) is 0 Å². The molecule has 3 rings (SSSR count). The summed E-state index contributed by atoms with van der Waals surface area (Å²) in [6.07, 6.45) is 1.80. The first-order valence-electron chi connectivity index (χ1n) is 11.8. The SMILES string of the molecule is CCCC(O)C(C)C(O)CC.O=C(O)c1ccccc1.O[PH](O)(c1ccccc1)c1ccccc1. The number of aromatic carboxylic acids is 1. The van der Waals surface area contributed by atoms with Crippen LogP contribution in [-0.4, -0.2) is 43.3 Å². The number of hydrogen-bond donors (Lipinski definition) is 5. The van der Waals surface area contributed by atoms with E-state index in [2.05, 4.69) is 0 Å². The monoisotopic (exact) mass is 502 g/mol. The van der Waals surface area contributed by atoms with Crippen LogP contribution in [0.3, 0.4) is 0 Å². The summed E-state index contributed by atoms with van der Waals surface area (Å²) in [5.41, 5.74) is 0.331. The molecule has 3 unspecified atom stereocenters. The third-order valence-corrected chi connectivity index (χ3v) is 7.87. The molecule has 0 aliphatic carbocycles. The summed E-state index contributed by atoms with van der Waals surface area (Å²) in [4.78, 5) is 30.5. The molecule has 5 N–H and O–H groups in total. The predicted molar refractivity (Wildman–Crippen MR) is 145 cm³/mol. The Kier molecular flexibility index (Phi) is 14.0. The molecule has 0 saturated carbocycles. The molecule has 0 aromatic heterocycles. The van der Waals surface area contributed by atoms with Gasteiger partial charge in [0, 0.05) is 5.92 Å². The fraction of sp³-hybridized carbons (Fsp3) is 0.321. The molecule has 0 bridgehead atoms. The number of carbonyl (C=O) groups is 1. The summed E-state index contributed by atoms with van der Waals surface area (Å²) in [5.74, 6) is -0.865. The van der Waals surface area contributed by atoms with E-state index >= 15 is 0 Å². The van der Waals surface area contributed by atoms with Gasteiger partial charge in [-0.3, -0.25) is 0 Å². The van der Waals surface area contributed by atoms with E-state index in [1.54, 1.807) is 54.6 Å². The molecule has 0 aliphatic heterocycles. The molecule has 3 atom stereocenters. The third kappa shape index (κ3) is 10.7. The van der Waals surface area contributed by atoms with E-state index in [-0.39, 0.29) is 18.1 Å². The van der Waals surface area contributed by atoms with Crippen molar-refractivity contribution in [3.05, 3.63) is 96.6 Å². The van der Waals surface area contributed by atoms with E-state index in [4.69, 9.17) is 5.11 Å². The molecule has 0 aliphatic rings. The van der Waals surface area contributed by atoms with Crippen LogP contribution >= 0.6 is 7.72 Å². The quantitative estimate of drug-likeness (QED) is 0.296. The van der Waals surface area contributed by atoms with E-state index in [9.17, 15) is 24.8 Å². The Bertz CT molecular complexity index is 909. The number of aliphatic hydroxyl groups excluding tert-OH is 2. The topological polar surface area (TPSA) is 118 Å². The first kappa shape index (κ1) is 30.4. The molecule has 0 fully saturated rings. The van der Waals surface area contributed by atoms with Gasteiger partial charge in [0.15, 0.2) is 0 Å². The molecule has 0 heterocycles. The van der Waals surface area contributed by atoms with Crippen LogP contribution in [0, 0.1) is 5.92 Å². The van der Waals surface area contributed by atoms with Crippen LogP contribution in [0.5, 0.6) is 0 Å². The summed E-state index contributed by atoms with van der Waals surface area (Å²) in [7, 11) is -3.46. The van der Waals surface area contributed by atoms with Gasteiger partial charge in [0.25, 0.3) is 0 Å². The van der Waals surface area contributed by atoms with Crippen LogP contribution in [0.4, 0.5) is 0 Å². The van der Waals surface area contributed by atoms with E-state index in [1.165, 1.54) is 0 Å². The van der Waals surface area contributed by atoms with Crippen LogP contribution in [0.15, 0.2) is 91.0 Å². The number of aliphatic hydroxyl groups is 2. The average Bonchev–Trinajstić information content (AvgIpc) is 2.90. The van der Waals surface area contributed by atoms with E-state index in [0.29, 0.717) is 16.2 Å². The normalized spacial score (nSPS) is 13.7. The molecule has 35 heavy (non-hydrogen) atoms. The Hall–Kier alpha value is -2.60. The van der Waals surface area contributed by atoms with Crippen molar-refractivity contribution >= 4 is 24.3 Å². The minimum absolute atomic E-state index is 0.0138. The van der Waals surface area contributed by atoms with E-state index < -0.39 is 13.7 Å². The molecule has 7 heteroatoms. The van der Waals surface area contributed by atoms with Gasteiger partial charge in [-0.1, -0.05) is 45.4 Å². The summed E-state index contributed by atoms with van der Waals surface area (Å²) in [6.45, 7) is 5.86. The molecule has 0 amide bonds. The number of benzene rings is 3. The van der Waals surface area contributed by atoms with Gasteiger partial charge in [-0.25, -0.2) is 4.79 Å². The van der Waals surface area contributed by atoms with Gasteiger partial charge in [-0.2, -0.15) is 0 Å². The van der Waals surface area contributed by atoms with Crippen molar-refractivity contribution in [2.45, 2.75) is 52.2 Å². The number of rotatable bonds is 8. The minimum atomic E-state index is -3.46. The summed E-state index contributed by atoms with van der Waals surface area (Å²) < 4.78 is 0. The van der Waals surface area contributed by atoms with Crippen molar-refractivity contribution in [3.8, 4) is 0 Å². The molecule has 0 spiro atoms. The Morgan fingerprint density at radius 3 is 1.46 bits per heavy atom. The van der Waals surface area contributed by atoms with Crippen molar-refractivity contribution < 1.29 is 29.9 Å². The zero-order valence-corrected chi connectivity index (χ0v) is 21.7. The van der Waals surface area contributed by atoms with Crippen molar-refractivity contribution in [2.75, 3.05) is 0 Å². The van der Waals surface area contributed by atoms with Crippen molar-refractivity contribution in [3.63, 3.8) is 0 Å². The average molecular weight is 503 g/mol. The number of carboxylic acid groups (broad SMARTS) is 1. The van der Waals surface area contributed by atoms with E-state index in [0.717, 1.165) is 19.3 Å². The van der Waals surface area contributed by atoms with Crippen molar-refractivity contribution in [1.29, 1.82) is 0 Å². The van der Waals surface area contributed by atoms with Crippen LogP contribution in [0.25, 0.3) is 0 Å².